The summed E-state index contributed by atoms with van der Waals surface area (Å²) >= 11 is 12.2. The van der Waals surface area contributed by atoms with E-state index in [2.05, 4.69) is 44.8 Å². The normalized spacial score (nSPS) is 15.0. The van der Waals surface area contributed by atoms with E-state index >= 15 is 0 Å². The first-order chi connectivity index (χ1) is 3.18. The molecule has 0 radical (unpaired) electrons. The Morgan fingerprint density at radius 3 is 1.86 bits per heavy atom. The lowest BCUT2D eigenvalue weighted by Gasteiger charge is -2.08. The van der Waals surface area contributed by atoms with Crippen molar-refractivity contribution in [1.82, 2.24) is 0 Å². The molecular formula is C4H10S3. The summed E-state index contributed by atoms with van der Waals surface area (Å²) in [5.74, 6) is 1.35. The first-order valence-electron chi connectivity index (χ1n) is 2.15. The summed E-state index contributed by atoms with van der Waals surface area (Å²) in [6, 6.07) is 0. The summed E-state index contributed by atoms with van der Waals surface area (Å²) in [5.41, 5.74) is 0. The quantitative estimate of drug-likeness (QED) is 0.392. The van der Waals surface area contributed by atoms with Gasteiger partial charge in [0, 0.05) is 4.58 Å². The molecule has 0 nitrogen and oxygen atoms in total. The molecule has 0 N–H and O–H groups in total. The third-order valence-electron chi connectivity index (χ3n) is 0.797. The minimum Gasteiger partial charge on any atom is -0.179 e. The number of rotatable bonds is 2. The Kier molecular flexibility index (Phi) is 4.58. The molecule has 0 saturated carbocycles. The number of hydrogen-bond donors (Lipinski definition) is 3. The standard InChI is InChI=1S/C4H10S3/c1-3(2-5)4(6)7/h3-7H,2H2,1H3/t3-/m1/s1. The molecule has 3 heteroatoms. The molecule has 0 aromatic heterocycles. The Labute approximate surface area is 61.3 Å². The molecule has 7 heavy (non-hydrogen) atoms. The van der Waals surface area contributed by atoms with Gasteiger partial charge >= 0.3 is 0 Å². The lowest BCUT2D eigenvalue weighted by molar-refractivity contribution is 0.742. The largest absolute Gasteiger partial charge is 0.179 e. The van der Waals surface area contributed by atoms with Gasteiger partial charge in [-0.05, 0) is 11.7 Å². The highest BCUT2D eigenvalue weighted by atomic mass is 32.2. The van der Waals surface area contributed by atoms with E-state index in [0.717, 1.165) is 5.75 Å². The summed E-state index contributed by atoms with van der Waals surface area (Å²) in [4.78, 5) is 0. The second-order valence-electron chi connectivity index (χ2n) is 1.57. The highest BCUT2D eigenvalue weighted by Gasteiger charge is 2.03. The van der Waals surface area contributed by atoms with E-state index in [-0.39, 0.29) is 4.58 Å². The van der Waals surface area contributed by atoms with Crippen LogP contribution in [0.4, 0.5) is 0 Å². The SMILES string of the molecule is C[C@H](CS)C(S)S. The smallest absolute Gasteiger partial charge is 0.0475 e. The molecule has 0 bridgehead atoms. The number of hydrogen-bond acceptors (Lipinski definition) is 3. The molecule has 0 aromatic rings. The first kappa shape index (κ1) is 8.05. The van der Waals surface area contributed by atoms with Crippen LogP contribution in [0.2, 0.25) is 0 Å². The molecule has 0 heterocycles. The van der Waals surface area contributed by atoms with Gasteiger partial charge in [-0.25, -0.2) is 0 Å². The van der Waals surface area contributed by atoms with Gasteiger partial charge in [-0.3, -0.25) is 0 Å². The lowest BCUT2D eigenvalue weighted by atomic mass is 10.3. The van der Waals surface area contributed by atoms with E-state index in [9.17, 15) is 0 Å². The van der Waals surface area contributed by atoms with Crippen molar-refractivity contribution < 1.29 is 0 Å². The Hall–Kier alpha value is 1.05. The fraction of sp³-hybridized carbons (Fsp3) is 1.00. The molecule has 0 aromatic carbocycles. The van der Waals surface area contributed by atoms with Crippen molar-refractivity contribution in [3.63, 3.8) is 0 Å². The highest BCUT2D eigenvalue weighted by molar-refractivity contribution is 7.99. The Morgan fingerprint density at radius 1 is 1.43 bits per heavy atom. The van der Waals surface area contributed by atoms with Crippen molar-refractivity contribution in [2.45, 2.75) is 11.5 Å². The van der Waals surface area contributed by atoms with Crippen molar-refractivity contribution in [3.8, 4) is 0 Å². The van der Waals surface area contributed by atoms with Gasteiger partial charge in [-0.2, -0.15) is 37.9 Å². The molecule has 0 saturated heterocycles. The Bertz CT molecular complexity index is 44.2. The maximum atomic E-state index is 4.09. The van der Waals surface area contributed by atoms with Crippen LogP contribution in [-0.4, -0.2) is 10.3 Å². The topological polar surface area (TPSA) is 0 Å². The minimum atomic E-state index is 0.178. The fourth-order valence-corrected chi connectivity index (χ4v) is 0.849. The van der Waals surface area contributed by atoms with Gasteiger partial charge in [0.25, 0.3) is 0 Å². The zero-order valence-corrected chi connectivity index (χ0v) is 6.89. The van der Waals surface area contributed by atoms with Crippen molar-refractivity contribution in [2.24, 2.45) is 5.92 Å². The molecule has 0 aliphatic carbocycles. The Balaban J connectivity index is 3.14. The molecule has 0 unspecified atom stereocenters. The van der Waals surface area contributed by atoms with Crippen LogP contribution >= 0.6 is 37.9 Å². The summed E-state index contributed by atoms with van der Waals surface area (Å²) in [6.07, 6.45) is 0. The average molecular weight is 154 g/mol. The second-order valence-corrected chi connectivity index (χ2v) is 3.46. The van der Waals surface area contributed by atoms with Gasteiger partial charge in [0.2, 0.25) is 0 Å². The number of thiol groups is 3. The maximum Gasteiger partial charge on any atom is 0.0475 e. The second kappa shape index (κ2) is 3.98. The van der Waals surface area contributed by atoms with Gasteiger partial charge in [-0.15, -0.1) is 0 Å². The molecular weight excluding hydrogens is 144 g/mol. The molecule has 44 valence electrons. The maximum absolute atomic E-state index is 4.09. The first-order valence-corrected chi connectivity index (χ1v) is 3.82. The van der Waals surface area contributed by atoms with Crippen molar-refractivity contribution >= 4 is 37.9 Å². The molecule has 0 rings (SSSR count). The summed E-state index contributed by atoms with van der Waals surface area (Å²) < 4.78 is 0.178. The zero-order chi connectivity index (χ0) is 5.86. The highest BCUT2D eigenvalue weighted by Crippen LogP contribution is 2.13. The zero-order valence-electron chi connectivity index (χ0n) is 4.20. The van der Waals surface area contributed by atoms with Crippen LogP contribution in [0.1, 0.15) is 6.92 Å². The van der Waals surface area contributed by atoms with Gasteiger partial charge in [0.1, 0.15) is 0 Å². The van der Waals surface area contributed by atoms with E-state index < -0.39 is 0 Å². The van der Waals surface area contributed by atoms with Crippen LogP contribution in [0.15, 0.2) is 0 Å². The average Bonchev–Trinajstić information content (AvgIpc) is 1.65. The van der Waals surface area contributed by atoms with Crippen LogP contribution in [0.5, 0.6) is 0 Å². The van der Waals surface area contributed by atoms with E-state index in [4.69, 9.17) is 0 Å². The fourth-order valence-electron chi connectivity index (χ4n) is 0.0943. The van der Waals surface area contributed by atoms with Crippen molar-refractivity contribution in [2.75, 3.05) is 5.75 Å². The van der Waals surface area contributed by atoms with Gasteiger partial charge < -0.3 is 0 Å². The van der Waals surface area contributed by atoms with Crippen LogP contribution in [0.25, 0.3) is 0 Å². The van der Waals surface area contributed by atoms with Gasteiger partial charge in [-0.1, -0.05) is 6.92 Å². The molecule has 0 fully saturated rings. The van der Waals surface area contributed by atoms with Crippen molar-refractivity contribution in [1.29, 1.82) is 0 Å². The van der Waals surface area contributed by atoms with E-state index in [1.54, 1.807) is 0 Å². The van der Waals surface area contributed by atoms with Crippen LogP contribution < -0.4 is 0 Å². The molecule has 0 aliphatic rings. The van der Waals surface area contributed by atoms with Gasteiger partial charge in [0.05, 0.1) is 0 Å². The molecule has 0 aliphatic heterocycles. The lowest BCUT2D eigenvalue weighted by Crippen LogP contribution is -2.05. The molecule has 1 atom stereocenters. The predicted octanol–water partition coefficient (Wildman–Crippen LogP) is 1.74. The van der Waals surface area contributed by atoms with Crippen molar-refractivity contribution in [3.05, 3.63) is 0 Å². The summed E-state index contributed by atoms with van der Waals surface area (Å²) in [6.45, 7) is 2.07. The molecule has 0 spiro atoms. The van der Waals surface area contributed by atoms with E-state index in [1.165, 1.54) is 0 Å². The van der Waals surface area contributed by atoms with Crippen LogP contribution in [-0.2, 0) is 0 Å². The summed E-state index contributed by atoms with van der Waals surface area (Å²) in [5, 5.41) is 0. The van der Waals surface area contributed by atoms with Crippen LogP contribution in [0, 0.1) is 5.92 Å². The predicted molar refractivity (Wildman–Crippen MR) is 44.8 cm³/mol. The molecule has 0 amide bonds. The summed E-state index contributed by atoms with van der Waals surface area (Å²) in [7, 11) is 0. The third kappa shape index (κ3) is 3.62. The Morgan fingerprint density at radius 2 is 1.86 bits per heavy atom. The minimum absolute atomic E-state index is 0.178. The van der Waals surface area contributed by atoms with Crippen LogP contribution in [0.3, 0.4) is 0 Å². The van der Waals surface area contributed by atoms with E-state index in [1.807, 2.05) is 0 Å². The third-order valence-corrected chi connectivity index (χ3v) is 2.39. The van der Waals surface area contributed by atoms with Gasteiger partial charge in [0.15, 0.2) is 0 Å². The monoisotopic (exact) mass is 154 g/mol. The van der Waals surface area contributed by atoms with E-state index in [0.29, 0.717) is 5.92 Å².